The van der Waals surface area contributed by atoms with Gasteiger partial charge in [0.05, 0.1) is 4.90 Å². The Balaban J connectivity index is 2.87. The number of sulfonamides is 1. The first-order valence-corrected chi connectivity index (χ1v) is 9.20. The number of nitrogens with one attached hydrogen (secondary N) is 2. The first-order valence-electron chi connectivity index (χ1n) is 7.72. The molecule has 0 aromatic carbocycles. The lowest BCUT2D eigenvalue weighted by atomic mass is 10.1. The van der Waals surface area contributed by atoms with Gasteiger partial charge in [0.15, 0.2) is 0 Å². The molecular weight excluding hydrogens is 286 g/mol. The van der Waals surface area contributed by atoms with Crippen LogP contribution in [0.4, 0.5) is 0 Å². The molecule has 21 heavy (non-hydrogen) atoms. The molecule has 0 spiro atoms. The highest BCUT2D eigenvalue weighted by atomic mass is 32.2. The lowest BCUT2D eigenvalue weighted by molar-refractivity contribution is 0.528. The molecule has 6 heteroatoms. The van der Waals surface area contributed by atoms with E-state index in [0.717, 1.165) is 18.7 Å². The third-order valence-electron chi connectivity index (χ3n) is 3.62. The predicted molar refractivity (Wildman–Crippen MR) is 86.7 cm³/mol. The van der Waals surface area contributed by atoms with Crippen molar-refractivity contribution in [3.63, 3.8) is 0 Å². The molecule has 0 saturated carbocycles. The number of rotatable bonds is 9. The highest BCUT2D eigenvalue weighted by Crippen LogP contribution is 2.15. The Morgan fingerprint density at radius 2 is 1.90 bits per heavy atom. The molecule has 0 bridgehead atoms. The van der Waals surface area contributed by atoms with E-state index in [2.05, 4.69) is 30.8 Å². The lowest BCUT2D eigenvalue weighted by Gasteiger charge is -2.09. The van der Waals surface area contributed by atoms with Crippen molar-refractivity contribution in [2.24, 2.45) is 5.92 Å². The molecule has 1 aromatic rings. The smallest absolute Gasteiger partial charge is 0.242 e. The van der Waals surface area contributed by atoms with Crippen LogP contribution in [-0.2, 0) is 23.1 Å². The number of hydrogen-bond donors (Lipinski definition) is 2. The van der Waals surface area contributed by atoms with Crippen molar-refractivity contribution in [1.29, 1.82) is 0 Å². The number of aromatic nitrogens is 1. The fourth-order valence-electron chi connectivity index (χ4n) is 1.90. The van der Waals surface area contributed by atoms with Gasteiger partial charge < -0.3 is 9.88 Å². The van der Waals surface area contributed by atoms with Crippen molar-refractivity contribution in [3.8, 4) is 0 Å². The third kappa shape index (κ3) is 5.45. The fraction of sp³-hybridized carbons (Fsp3) is 0.733. The molecule has 0 amide bonds. The molecule has 1 atom stereocenters. The van der Waals surface area contributed by atoms with Gasteiger partial charge in [-0.05, 0) is 18.9 Å². The van der Waals surface area contributed by atoms with E-state index in [1.54, 1.807) is 12.3 Å². The second-order valence-electron chi connectivity index (χ2n) is 5.85. The summed E-state index contributed by atoms with van der Waals surface area (Å²) in [7, 11) is -3.41. The molecule has 1 aromatic heterocycles. The Kier molecular flexibility index (Phi) is 6.90. The molecule has 0 aliphatic heterocycles. The summed E-state index contributed by atoms with van der Waals surface area (Å²) in [5, 5.41) is 3.32. The van der Waals surface area contributed by atoms with Crippen molar-refractivity contribution in [2.75, 3.05) is 6.54 Å². The van der Waals surface area contributed by atoms with Crippen LogP contribution in [0.3, 0.4) is 0 Å². The number of hydrogen-bond acceptors (Lipinski definition) is 3. The van der Waals surface area contributed by atoms with Crippen molar-refractivity contribution in [2.45, 2.75) is 65.1 Å². The first kappa shape index (κ1) is 18.2. The van der Waals surface area contributed by atoms with Gasteiger partial charge in [0.2, 0.25) is 10.0 Å². The summed E-state index contributed by atoms with van der Waals surface area (Å²) >= 11 is 0. The average Bonchev–Trinajstić information content (AvgIpc) is 2.86. The molecule has 5 nitrogen and oxygen atoms in total. The van der Waals surface area contributed by atoms with Crippen LogP contribution in [-0.4, -0.2) is 25.6 Å². The van der Waals surface area contributed by atoms with Gasteiger partial charge in [0.25, 0.3) is 0 Å². The van der Waals surface area contributed by atoms with Crippen LogP contribution in [0.1, 0.15) is 46.7 Å². The standard InChI is InChI=1S/C15H29N3O2S/c1-6-13(5)9-17-21(19,20)15-8-14(10-16-12(3)4)18(7-2)11-15/h8,11-13,16-17H,6-7,9-10H2,1-5H3. The minimum Gasteiger partial charge on any atom is -0.349 e. The summed E-state index contributed by atoms with van der Waals surface area (Å²) in [6.45, 7) is 12.2. The van der Waals surface area contributed by atoms with Crippen molar-refractivity contribution in [1.82, 2.24) is 14.6 Å². The van der Waals surface area contributed by atoms with Gasteiger partial charge in [-0.2, -0.15) is 0 Å². The molecule has 0 radical (unpaired) electrons. The van der Waals surface area contributed by atoms with Crippen LogP contribution < -0.4 is 10.0 Å². The van der Waals surface area contributed by atoms with Crippen molar-refractivity contribution < 1.29 is 8.42 Å². The van der Waals surface area contributed by atoms with Gasteiger partial charge >= 0.3 is 0 Å². The Morgan fingerprint density at radius 1 is 1.24 bits per heavy atom. The van der Waals surface area contributed by atoms with Gasteiger partial charge in [0.1, 0.15) is 0 Å². The molecular formula is C15H29N3O2S. The summed E-state index contributed by atoms with van der Waals surface area (Å²) < 4.78 is 29.3. The molecule has 0 saturated heterocycles. The first-order chi connectivity index (χ1) is 9.80. The molecule has 122 valence electrons. The minimum absolute atomic E-state index is 0.343. The summed E-state index contributed by atoms with van der Waals surface area (Å²) in [5.74, 6) is 0.343. The molecule has 2 N–H and O–H groups in total. The van der Waals surface area contributed by atoms with Crippen molar-refractivity contribution >= 4 is 10.0 Å². The zero-order chi connectivity index (χ0) is 16.0. The molecule has 0 aliphatic carbocycles. The highest BCUT2D eigenvalue weighted by Gasteiger charge is 2.18. The van der Waals surface area contributed by atoms with Gasteiger partial charge in [-0.25, -0.2) is 13.1 Å². The Hall–Kier alpha value is -0.850. The SMILES string of the molecule is CCC(C)CNS(=O)(=O)c1cc(CNC(C)C)n(CC)c1. The quantitative estimate of drug-likeness (QED) is 0.735. The van der Waals surface area contributed by atoms with Crippen LogP contribution in [0.25, 0.3) is 0 Å². The Morgan fingerprint density at radius 3 is 2.43 bits per heavy atom. The maximum absolute atomic E-state index is 12.3. The molecule has 0 aliphatic rings. The molecule has 1 rings (SSSR count). The minimum atomic E-state index is -3.41. The monoisotopic (exact) mass is 315 g/mol. The molecule has 1 heterocycles. The lowest BCUT2D eigenvalue weighted by Crippen LogP contribution is -2.28. The van der Waals surface area contributed by atoms with E-state index in [9.17, 15) is 8.42 Å². The fourth-order valence-corrected chi connectivity index (χ4v) is 3.13. The second-order valence-corrected chi connectivity index (χ2v) is 7.62. The van der Waals surface area contributed by atoms with E-state index in [4.69, 9.17) is 0 Å². The second kappa shape index (κ2) is 7.96. The normalized spacial score (nSPS) is 13.8. The Labute approximate surface area is 129 Å². The van der Waals surface area contributed by atoms with Crippen LogP contribution in [0.2, 0.25) is 0 Å². The summed E-state index contributed by atoms with van der Waals surface area (Å²) in [6.07, 6.45) is 2.68. The van der Waals surface area contributed by atoms with Crippen LogP contribution >= 0.6 is 0 Å². The highest BCUT2D eigenvalue weighted by molar-refractivity contribution is 7.89. The predicted octanol–water partition coefficient (Wildman–Crippen LogP) is 2.33. The van der Waals surface area contributed by atoms with E-state index in [0.29, 0.717) is 29.9 Å². The third-order valence-corrected chi connectivity index (χ3v) is 5.01. The summed E-state index contributed by atoms with van der Waals surface area (Å²) in [6, 6.07) is 2.13. The van der Waals surface area contributed by atoms with Crippen LogP contribution in [0.5, 0.6) is 0 Å². The van der Waals surface area contributed by atoms with E-state index in [-0.39, 0.29) is 0 Å². The maximum Gasteiger partial charge on any atom is 0.242 e. The number of nitrogens with zero attached hydrogens (tertiary/aromatic N) is 1. The van der Waals surface area contributed by atoms with E-state index >= 15 is 0 Å². The largest absolute Gasteiger partial charge is 0.349 e. The van der Waals surface area contributed by atoms with Crippen LogP contribution in [0, 0.1) is 5.92 Å². The number of aryl methyl sites for hydroxylation is 1. The van der Waals surface area contributed by atoms with Gasteiger partial charge in [-0.15, -0.1) is 0 Å². The molecule has 0 fully saturated rings. The van der Waals surface area contributed by atoms with Gasteiger partial charge in [-0.1, -0.05) is 34.1 Å². The van der Waals surface area contributed by atoms with E-state index < -0.39 is 10.0 Å². The molecule has 1 unspecified atom stereocenters. The maximum atomic E-state index is 12.3. The summed E-state index contributed by atoms with van der Waals surface area (Å²) in [4.78, 5) is 0.355. The van der Waals surface area contributed by atoms with Crippen molar-refractivity contribution in [3.05, 3.63) is 18.0 Å². The zero-order valence-corrected chi connectivity index (χ0v) is 14.6. The van der Waals surface area contributed by atoms with Gasteiger partial charge in [-0.3, -0.25) is 0 Å². The van der Waals surface area contributed by atoms with E-state index in [1.165, 1.54) is 0 Å². The average molecular weight is 315 g/mol. The van der Waals surface area contributed by atoms with E-state index in [1.807, 2.05) is 18.4 Å². The summed E-state index contributed by atoms with van der Waals surface area (Å²) in [5.41, 5.74) is 0.995. The Bertz CT molecular complexity index is 535. The van der Waals surface area contributed by atoms with Gasteiger partial charge in [0, 0.05) is 37.6 Å². The topological polar surface area (TPSA) is 63.1 Å². The van der Waals surface area contributed by atoms with Crippen LogP contribution in [0.15, 0.2) is 17.2 Å². The zero-order valence-electron chi connectivity index (χ0n) is 13.8.